The molecule has 11 nitrogen and oxygen atoms in total. The number of rotatable bonds is 12. The number of hydrogen-bond acceptors (Lipinski definition) is 6. The lowest BCUT2D eigenvalue weighted by Crippen LogP contribution is -2.62. The fourth-order valence-electron chi connectivity index (χ4n) is 6.61. The summed E-state index contributed by atoms with van der Waals surface area (Å²) in [5.74, 6) is -3.15. The number of likely N-dealkylation sites (tertiary alicyclic amines) is 1. The van der Waals surface area contributed by atoms with Crippen molar-refractivity contribution < 1.29 is 28.8 Å². The third-order valence-electron chi connectivity index (χ3n) is 9.58. The Kier molecular flexibility index (Phi) is 9.28. The molecule has 11 heteroatoms. The van der Waals surface area contributed by atoms with Gasteiger partial charge in [-0.25, -0.2) is 4.79 Å². The fraction of sp³-hybridized carbons (Fsp3) is 0.636. The predicted octanol–water partition coefficient (Wildman–Crippen LogP) is 2.43. The SMILES string of the molecule is CC(C)[C@H](NC(=O)N[C@H](C(=O)N1C[C@H]2C([C@H]1C(=O)NC(CC1CC1)C(=O)C(N)=O)C2(C)C)C(C)(C)C)C(=O)c1ccccc1. The zero-order chi connectivity index (χ0) is 32.7. The summed E-state index contributed by atoms with van der Waals surface area (Å²) in [6.07, 6.45) is 2.16. The van der Waals surface area contributed by atoms with E-state index in [-0.39, 0.29) is 34.9 Å². The Labute approximate surface area is 259 Å². The largest absolute Gasteiger partial charge is 0.363 e. The van der Waals surface area contributed by atoms with Crippen LogP contribution >= 0.6 is 0 Å². The quantitative estimate of drug-likeness (QED) is 0.210. The van der Waals surface area contributed by atoms with Crippen LogP contribution in [0, 0.1) is 34.5 Å². The normalized spacial score (nSPS) is 24.0. The molecule has 2 unspecified atom stereocenters. The van der Waals surface area contributed by atoms with Crippen LogP contribution in [-0.2, 0) is 19.2 Å². The lowest BCUT2D eigenvalue weighted by atomic mass is 9.85. The number of nitrogens with zero attached hydrogens (tertiary/aromatic N) is 1. The monoisotopic (exact) mass is 609 g/mol. The third kappa shape index (κ3) is 6.97. The summed E-state index contributed by atoms with van der Waals surface area (Å²) in [4.78, 5) is 80.4. The van der Waals surface area contributed by atoms with Gasteiger partial charge in [-0.15, -0.1) is 0 Å². The molecule has 3 fully saturated rings. The molecule has 1 heterocycles. The maximum absolute atomic E-state index is 14.2. The summed E-state index contributed by atoms with van der Waals surface area (Å²) in [7, 11) is 0. The highest BCUT2D eigenvalue weighted by molar-refractivity contribution is 6.37. The molecule has 0 bridgehead atoms. The molecule has 1 saturated heterocycles. The average Bonchev–Trinajstić information content (AvgIpc) is 3.80. The molecule has 0 spiro atoms. The van der Waals surface area contributed by atoms with Gasteiger partial charge in [0, 0.05) is 12.1 Å². The Morgan fingerprint density at radius 1 is 0.977 bits per heavy atom. The first kappa shape index (κ1) is 33.1. The molecule has 0 aromatic heterocycles. The summed E-state index contributed by atoms with van der Waals surface area (Å²) in [6.45, 7) is 13.5. The van der Waals surface area contributed by atoms with Gasteiger partial charge in [0.05, 0.1) is 12.1 Å². The first-order chi connectivity index (χ1) is 20.4. The number of piperidine rings is 1. The van der Waals surface area contributed by atoms with Gasteiger partial charge in [0.25, 0.3) is 5.91 Å². The highest BCUT2D eigenvalue weighted by Crippen LogP contribution is 2.65. The number of fused-ring (bicyclic) bond motifs is 1. The van der Waals surface area contributed by atoms with Crippen LogP contribution in [0.25, 0.3) is 0 Å². The van der Waals surface area contributed by atoms with Gasteiger partial charge in [-0.05, 0) is 40.9 Å². The van der Waals surface area contributed by atoms with E-state index in [1.807, 2.05) is 48.5 Å². The van der Waals surface area contributed by atoms with Crippen LogP contribution in [0.4, 0.5) is 4.79 Å². The summed E-state index contributed by atoms with van der Waals surface area (Å²) in [5.41, 5.74) is 4.82. The standard InChI is InChI=1S/C33H47N5O6/c1-17(2)23(25(39)19-11-9-8-10-12-19)36-31(44)37-27(32(3,4)5)30(43)38-16-20-22(33(20,6)7)24(38)29(42)35-21(15-18-13-14-18)26(40)28(34)41/h8-12,17-18,20-24,27H,13-16H2,1-7H3,(H2,34,41)(H,35,42)(H2,36,37,44)/t20-,21?,22?,23-,24-,27+/m0/s1. The molecule has 2 aliphatic carbocycles. The van der Waals surface area contributed by atoms with Gasteiger partial charge in [0.2, 0.25) is 17.6 Å². The smallest absolute Gasteiger partial charge is 0.316 e. The molecule has 5 N–H and O–H groups in total. The van der Waals surface area contributed by atoms with Crippen molar-refractivity contribution in [1.82, 2.24) is 20.9 Å². The minimum atomic E-state index is -1.10. The number of ketones is 2. The third-order valence-corrected chi connectivity index (χ3v) is 9.58. The average molecular weight is 610 g/mol. The fourth-order valence-corrected chi connectivity index (χ4v) is 6.61. The van der Waals surface area contributed by atoms with Gasteiger partial charge in [-0.1, -0.05) is 91.6 Å². The molecule has 2 saturated carbocycles. The lowest BCUT2D eigenvalue weighted by molar-refractivity contribution is -0.145. The van der Waals surface area contributed by atoms with Gasteiger partial charge in [0.1, 0.15) is 12.1 Å². The first-order valence-electron chi connectivity index (χ1n) is 15.6. The van der Waals surface area contributed by atoms with E-state index in [1.54, 1.807) is 30.3 Å². The molecule has 1 aliphatic heterocycles. The second-order valence-electron chi connectivity index (χ2n) is 14.7. The molecule has 44 heavy (non-hydrogen) atoms. The molecular weight excluding hydrogens is 562 g/mol. The summed E-state index contributed by atoms with van der Waals surface area (Å²) >= 11 is 0. The molecule has 3 aliphatic rings. The molecule has 4 rings (SSSR count). The van der Waals surface area contributed by atoms with E-state index in [0.29, 0.717) is 18.5 Å². The topological polar surface area (TPSA) is 168 Å². The van der Waals surface area contributed by atoms with Crippen molar-refractivity contribution in [2.45, 2.75) is 91.9 Å². The van der Waals surface area contributed by atoms with Crippen molar-refractivity contribution in [2.24, 2.45) is 40.2 Å². The highest BCUT2D eigenvalue weighted by atomic mass is 16.2. The summed E-state index contributed by atoms with van der Waals surface area (Å²) < 4.78 is 0. The summed E-state index contributed by atoms with van der Waals surface area (Å²) in [6, 6.07) is 4.28. The number of amides is 5. The minimum Gasteiger partial charge on any atom is -0.363 e. The number of hydrogen-bond donors (Lipinski definition) is 4. The number of primary amides is 1. The predicted molar refractivity (Wildman–Crippen MR) is 164 cm³/mol. The zero-order valence-electron chi connectivity index (χ0n) is 26.8. The van der Waals surface area contributed by atoms with E-state index in [4.69, 9.17) is 5.73 Å². The molecule has 5 amide bonds. The molecule has 1 aromatic carbocycles. The number of nitrogens with one attached hydrogen (secondary N) is 3. The van der Waals surface area contributed by atoms with Crippen LogP contribution in [0.5, 0.6) is 0 Å². The van der Waals surface area contributed by atoms with Crippen LogP contribution in [0.1, 0.15) is 78.1 Å². The van der Waals surface area contributed by atoms with Gasteiger partial charge in [-0.3, -0.25) is 24.0 Å². The molecule has 1 aromatic rings. The number of carbonyl (C=O) groups excluding carboxylic acids is 6. The zero-order valence-corrected chi connectivity index (χ0v) is 26.8. The van der Waals surface area contributed by atoms with E-state index < -0.39 is 59.1 Å². The maximum atomic E-state index is 14.2. The Bertz CT molecular complexity index is 1320. The van der Waals surface area contributed by atoms with Crippen molar-refractivity contribution in [2.75, 3.05) is 6.54 Å². The van der Waals surface area contributed by atoms with Crippen LogP contribution in [0.3, 0.4) is 0 Å². The second kappa shape index (κ2) is 12.3. The highest BCUT2D eigenvalue weighted by Gasteiger charge is 2.70. The Morgan fingerprint density at radius 3 is 2.11 bits per heavy atom. The van der Waals surface area contributed by atoms with Gasteiger partial charge >= 0.3 is 6.03 Å². The number of carbonyl (C=O) groups is 6. The van der Waals surface area contributed by atoms with Crippen molar-refractivity contribution in [3.8, 4) is 0 Å². The van der Waals surface area contributed by atoms with Crippen LogP contribution in [0.2, 0.25) is 0 Å². The van der Waals surface area contributed by atoms with Gasteiger partial charge in [-0.2, -0.15) is 0 Å². The van der Waals surface area contributed by atoms with Crippen LogP contribution in [0.15, 0.2) is 30.3 Å². The Hall–Kier alpha value is -3.76. The van der Waals surface area contributed by atoms with Crippen molar-refractivity contribution in [1.29, 1.82) is 0 Å². The maximum Gasteiger partial charge on any atom is 0.316 e. The number of urea groups is 1. The Balaban J connectivity index is 1.53. The van der Waals surface area contributed by atoms with Crippen LogP contribution < -0.4 is 21.7 Å². The van der Waals surface area contributed by atoms with E-state index in [9.17, 15) is 28.8 Å². The van der Waals surface area contributed by atoms with Crippen LogP contribution in [-0.4, -0.2) is 70.9 Å². The van der Waals surface area contributed by atoms with E-state index >= 15 is 0 Å². The number of nitrogens with two attached hydrogens (primary N) is 1. The van der Waals surface area contributed by atoms with Gasteiger partial charge in [0.15, 0.2) is 5.78 Å². The van der Waals surface area contributed by atoms with E-state index in [1.165, 1.54) is 4.90 Å². The van der Waals surface area contributed by atoms with Crippen molar-refractivity contribution >= 4 is 35.3 Å². The second-order valence-corrected chi connectivity index (χ2v) is 14.7. The number of Topliss-reactive ketones (excluding diaryl/α,β-unsaturated/α-hetero) is 2. The van der Waals surface area contributed by atoms with E-state index in [2.05, 4.69) is 16.0 Å². The Morgan fingerprint density at radius 2 is 1.59 bits per heavy atom. The molecule has 6 atom stereocenters. The van der Waals surface area contributed by atoms with Gasteiger partial charge < -0.3 is 26.6 Å². The van der Waals surface area contributed by atoms with Crippen molar-refractivity contribution in [3.63, 3.8) is 0 Å². The molecular formula is C33H47N5O6. The molecule has 240 valence electrons. The first-order valence-corrected chi connectivity index (χ1v) is 15.6. The lowest BCUT2D eigenvalue weighted by Gasteiger charge is -2.38. The minimum absolute atomic E-state index is 0.0687. The summed E-state index contributed by atoms with van der Waals surface area (Å²) in [5, 5.41) is 8.33. The number of benzene rings is 1. The van der Waals surface area contributed by atoms with E-state index in [0.717, 1.165) is 12.8 Å². The van der Waals surface area contributed by atoms with Crippen molar-refractivity contribution in [3.05, 3.63) is 35.9 Å². The molecule has 0 radical (unpaired) electrons.